The van der Waals surface area contributed by atoms with Gasteiger partial charge in [-0.25, -0.2) is 9.97 Å². The van der Waals surface area contributed by atoms with Gasteiger partial charge >= 0.3 is 6.18 Å². The summed E-state index contributed by atoms with van der Waals surface area (Å²) in [6.07, 6.45) is -0.0880. The third kappa shape index (κ3) is 3.94. The van der Waals surface area contributed by atoms with Gasteiger partial charge in [0.15, 0.2) is 5.78 Å². The SMILES string of the molecule is C=CCn1nc(C(=O)CCCC(F)(F)F)c2c1CCN(c1ncnc3[nH]ccc13)C2. The predicted octanol–water partition coefficient (Wildman–Crippen LogP) is 3.82. The average Bonchev–Trinajstić information content (AvgIpc) is 3.31. The summed E-state index contributed by atoms with van der Waals surface area (Å²) in [5.41, 5.74) is 2.64. The summed E-state index contributed by atoms with van der Waals surface area (Å²) in [4.78, 5) is 26.4. The lowest BCUT2D eigenvalue weighted by atomic mass is 10.0. The van der Waals surface area contributed by atoms with E-state index in [2.05, 4.69) is 26.6 Å². The molecular weight excluding hydrogens is 397 g/mol. The number of aromatic amines is 1. The third-order valence-corrected chi connectivity index (χ3v) is 5.20. The van der Waals surface area contributed by atoms with Gasteiger partial charge in [0, 0.05) is 49.8 Å². The molecule has 0 saturated carbocycles. The molecule has 0 atom stereocenters. The minimum Gasteiger partial charge on any atom is -0.351 e. The summed E-state index contributed by atoms with van der Waals surface area (Å²) in [6, 6.07) is 1.89. The number of alkyl halides is 3. The number of H-pyrrole nitrogens is 1. The van der Waals surface area contributed by atoms with E-state index in [0.29, 0.717) is 26.1 Å². The molecule has 7 nitrogen and oxygen atoms in total. The second kappa shape index (κ2) is 7.92. The van der Waals surface area contributed by atoms with Crippen molar-refractivity contribution >= 4 is 22.6 Å². The maximum absolute atomic E-state index is 12.7. The maximum atomic E-state index is 12.7. The molecule has 1 N–H and O–H groups in total. The predicted molar refractivity (Wildman–Crippen MR) is 105 cm³/mol. The molecule has 30 heavy (non-hydrogen) atoms. The van der Waals surface area contributed by atoms with Crippen LogP contribution in [0, 0.1) is 0 Å². The third-order valence-electron chi connectivity index (χ3n) is 5.20. The van der Waals surface area contributed by atoms with Crippen LogP contribution in [0.25, 0.3) is 11.0 Å². The van der Waals surface area contributed by atoms with E-state index in [1.807, 2.05) is 11.0 Å². The van der Waals surface area contributed by atoms with E-state index in [0.717, 1.165) is 28.1 Å². The summed E-state index contributed by atoms with van der Waals surface area (Å²) in [5, 5.41) is 5.30. The summed E-state index contributed by atoms with van der Waals surface area (Å²) in [7, 11) is 0. The molecule has 4 rings (SSSR count). The van der Waals surface area contributed by atoms with Gasteiger partial charge < -0.3 is 9.88 Å². The van der Waals surface area contributed by atoms with E-state index in [-0.39, 0.29) is 24.3 Å². The van der Waals surface area contributed by atoms with Crippen molar-refractivity contribution in [1.29, 1.82) is 0 Å². The minimum absolute atomic E-state index is 0.188. The quantitative estimate of drug-likeness (QED) is 0.466. The van der Waals surface area contributed by atoms with Gasteiger partial charge in [0.25, 0.3) is 0 Å². The molecule has 0 aliphatic carbocycles. The first kappa shape index (κ1) is 20.1. The molecule has 3 aromatic rings. The fourth-order valence-corrected chi connectivity index (χ4v) is 3.85. The number of carbonyl (C=O) groups is 1. The number of ketones is 1. The number of nitrogens with one attached hydrogen (secondary N) is 1. The molecule has 0 bridgehead atoms. The van der Waals surface area contributed by atoms with Crippen LogP contribution < -0.4 is 4.90 Å². The largest absolute Gasteiger partial charge is 0.389 e. The van der Waals surface area contributed by atoms with Gasteiger partial charge in [0.2, 0.25) is 0 Å². The van der Waals surface area contributed by atoms with Crippen LogP contribution in [0.2, 0.25) is 0 Å². The van der Waals surface area contributed by atoms with Crippen LogP contribution in [0.15, 0.2) is 31.2 Å². The fourth-order valence-electron chi connectivity index (χ4n) is 3.85. The van der Waals surface area contributed by atoms with Crippen molar-refractivity contribution < 1.29 is 18.0 Å². The monoisotopic (exact) mass is 418 g/mol. The number of hydrogen-bond acceptors (Lipinski definition) is 5. The minimum atomic E-state index is -4.27. The summed E-state index contributed by atoms with van der Waals surface area (Å²) in [5.74, 6) is 0.383. The number of rotatable bonds is 7. The number of nitrogens with zero attached hydrogens (tertiary/aromatic N) is 5. The molecule has 1 aliphatic rings. The highest BCUT2D eigenvalue weighted by Gasteiger charge is 2.30. The Morgan fingerprint density at radius 1 is 1.33 bits per heavy atom. The Hall–Kier alpha value is -3.17. The van der Waals surface area contributed by atoms with Crippen LogP contribution in [-0.2, 0) is 19.5 Å². The standard InChI is InChI=1S/C20H21F3N6O/c1-2-9-29-15-6-10-28(19-13-5-8-24-18(13)25-12-26-19)11-14(15)17(27-29)16(30)4-3-7-20(21,22)23/h2,5,8,12H,1,3-4,6-7,9-11H2,(H,24,25,26). The number of fused-ring (bicyclic) bond motifs is 2. The molecule has 0 fully saturated rings. The summed E-state index contributed by atoms with van der Waals surface area (Å²) in [6.45, 7) is 5.25. The summed E-state index contributed by atoms with van der Waals surface area (Å²) < 4.78 is 39.1. The normalized spacial score (nSPS) is 14.2. The van der Waals surface area contributed by atoms with Crippen LogP contribution in [0.4, 0.5) is 19.0 Å². The Labute approximate surface area is 170 Å². The fraction of sp³-hybridized carbons (Fsp3) is 0.400. The van der Waals surface area contributed by atoms with Gasteiger partial charge in [0.05, 0.1) is 11.9 Å². The molecule has 0 spiro atoms. The topological polar surface area (TPSA) is 79.7 Å². The molecule has 158 valence electrons. The van der Waals surface area contributed by atoms with E-state index < -0.39 is 12.6 Å². The van der Waals surface area contributed by atoms with E-state index in [9.17, 15) is 18.0 Å². The highest BCUT2D eigenvalue weighted by atomic mass is 19.4. The highest BCUT2D eigenvalue weighted by molar-refractivity contribution is 5.96. The first-order valence-corrected chi connectivity index (χ1v) is 9.70. The van der Waals surface area contributed by atoms with Gasteiger partial charge in [-0.1, -0.05) is 6.08 Å². The molecule has 3 aromatic heterocycles. The van der Waals surface area contributed by atoms with Crippen molar-refractivity contribution in [3.63, 3.8) is 0 Å². The van der Waals surface area contributed by atoms with E-state index >= 15 is 0 Å². The number of Topliss-reactive ketones (excluding diaryl/α,β-unsaturated/α-hetero) is 1. The van der Waals surface area contributed by atoms with Crippen molar-refractivity contribution in [2.75, 3.05) is 11.4 Å². The van der Waals surface area contributed by atoms with Gasteiger partial charge in [-0.2, -0.15) is 18.3 Å². The van der Waals surface area contributed by atoms with Crippen LogP contribution >= 0.6 is 0 Å². The van der Waals surface area contributed by atoms with Crippen LogP contribution in [0.3, 0.4) is 0 Å². The number of allylic oxidation sites excluding steroid dienone is 1. The molecule has 0 aromatic carbocycles. The molecule has 0 radical (unpaired) electrons. The van der Waals surface area contributed by atoms with E-state index in [4.69, 9.17) is 0 Å². The number of hydrogen-bond donors (Lipinski definition) is 1. The Kier molecular flexibility index (Phi) is 5.31. The number of anilines is 1. The first-order valence-electron chi connectivity index (χ1n) is 9.70. The Balaban J connectivity index is 1.62. The van der Waals surface area contributed by atoms with Crippen molar-refractivity contribution in [1.82, 2.24) is 24.7 Å². The average molecular weight is 418 g/mol. The van der Waals surface area contributed by atoms with Gasteiger partial charge in [-0.15, -0.1) is 6.58 Å². The Morgan fingerprint density at radius 2 is 2.17 bits per heavy atom. The van der Waals surface area contributed by atoms with Gasteiger partial charge in [0.1, 0.15) is 23.5 Å². The summed E-state index contributed by atoms with van der Waals surface area (Å²) >= 11 is 0. The number of aromatic nitrogens is 5. The van der Waals surface area contributed by atoms with Crippen molar-refractivity contribution in [3.8, 4) is 0 Å². The molecule has 10 heteroatoms. The number of carbonyl (C=O) groups excluding carboxylic acids is 1. The van der Waals surface area contributed by atoms with E-state index in [1.165, 1.54) is 6.33 Å². The molecule has 0 saturated heterocycles. The van der Waals surface area contributed by atoms with Crippen molar-refractivity contribution in [2.24, 2.45) is 0 Å². The van der Waals surface area contributed by atoms with Crippen LogP contribution in [0.5, 0.6) is 0 Å². The van der Waals surface area contributed by atoms with Gasteiger partial charge in [-0.05, 0) is 12.5 Å². The Morgan fingerprint density at radius 3 is 2.93 bits per heavy atom. The highest BCUT2D eigenvalue weighted by Crippen LogP contribution is 2.30. The lowest BCUT2D eigenvalue weighted by Gasteiger charge is -2.29. The smallest absolute Gasteiger partial charge is 0.351 e. The molecule has 1 aliphatic heterocycles. The second-order valence-corrected chi connectivity index (χ2v) is 7.25. The molecule has 0 amide bonds. The zero-order valence-corrected chi connectivity index (χ0v) is 16.2. The lowest BCUT2D eigenvalue weighted by molar-refractivity contribution is -0.135. The van der Waals surface area contributed by atoms with Crippen molar-refractivity contribution in [3.05, 3.63) is 48.2 Å². The lowest BCUT2D eigenvalue weighted by Crippen LogP contribution is -2.32. The zero-order valence-electron chi connectivity index (χ0n) is 16.2. The molecular formula is C20H21F3N6O. The van der Waals surface area contributed by atoms with E-state index in [1.54, 1.807) is 17.0 Å². The molecule has 0 unspecified atom stereocenters. The van der Waals surface area contributed by atoms with Crippen LogP contribution in [-0.4, -0.2) is 43.2 Å². The zero-order chi connectivity index (χ0) is 21.3. The van der Waals surface area contributed by atoms with Crippen LogP contribution in [0.1, 0.15) is 41.0 Å². The van der Waals surface area contributed by atoms with Crippen molar-refractivity contribution in [2.45, 2.75) is 44.9 Å². The Bertz CT molecular complexity index is 1080. The first-order chi connectivity index (χ1) is 14.4. The molecule has 4 heterocycles. The maximum Gasteiger partial charge on any atom is 0.389 e. The number of halogens is 3. The second-order valence-electron chi connectivity index (χ2n) is 7.25. The van der Waals surface area contributed by atoms with Gasteiger partial charge in [-0.3, -0.25) is 9.48 Å².